The number of aryl methyl sites for hydroxylation is 2. The van der Waals surface area contributed by atoms with E-state index < -0.39 is 0 Å². The van der Waals surface area contributed by atoms with E-state index in [1.54, 1.807) is 0 Å². The SMILES string of the molecule is C/C=C\c1c(CC)nc(-c2ccc3ccc4c(-c5ccc6cc(C)ccc6c5)ccc5ccc2c3c54)n1-c1ccccc1. The summed E-state index contributed by atoms with van der Waals surface area (Å²) < 4.78 is 2.33. The molecule has 1 heterocycles. The van der Waals surface area contributed by atoms with E-state index in [0.29, 0.717) is 0 Å². The summed E-state index contributed by atoms with van der Waals surface area (Å²) in [5.41, 5.74) is 8.33. The molecule has 0 unspecified atom stereocenters. The largest absolute Gasteiger partial charge is 0.293 e. The summed E-state index contributed by atoms with van der Waals surface area (Å²) in [7, 11) is 0. The van der Waals surface area contributed by atoms with Crippen molar-refractivity contribution in [3.63, 3.8) is 0 Å². The number of nitrogens with zero attached hydrogens (tertiary/aromatic N) is 2. The molecular weight excluding hydrogens is 520 g/mol. The minimum absolute atomic E-state index is 0.868. The second-order valence-electron chi connectivity index (χ2n) is 11.5. The lowest BCUT2D eigenvalue weighted by atomic mass is 9.88. The van der Waals surface area contributed by atoms with Crippen molar-refractivity contribution >= 4 is 49.2 Å². The molecule has 0 aliphatic rings. The number of aromatic nitrogens is 2. The molecule has 0 fully saturated rings. The van der Waals surface area contributed by atoms with Crippen molar-refractivity contribution in [2.24, 2.45) is 0 Å². The first-order valence-corrected chi connectivity index (χ1v) is 15.2. The van der Waals surface area contributed by atoms with Gasteiger partial charge < -0.3 is 0 Å². The Kier molecular flexibility index (Phi) is 5.90. The molecule has 8 aromatic rings. The van der Waals surface area contributed by atoms with Crippen LogP contribution < -0.4 is 0 Å². The maximum absolute atomic E-state index is 5.29. The van der Waals surface area contributed by atoms with Crippen LogP contribution >= 0.6 is 0 Å². The van der Waals surface area contributed by atoms with Crippen molar-refractivity contribution in [1.29, 1.82) is 0 Å². The molecule has 0 amide bonds. The molecule has 206 valence electrons. The zero-order valence-electron chi connectivity index (χ0n) is 24.7. The summed E-state index contributed by atoms with van der Waals surface area (Å²) >= 11 is 0. The number of fused-ring (bicyclic) bond motifs is 1. The molecule has 0 N–H and O–H groups in total. The lowest BCUT2D eigenvalue weighted by molar-refractivity contribution is 1.04. The Morgan fingerprint density at radius 2 is 1.28 bits per heavy atom. The number of imidazole rings is 1. The lowest BCUT2D eigenvalue weighted by Gasteiger charge is -2.17. The summed E-state index contributed by atoms with van der Waals surface area (Å²) in [4.78, 5) is 5.29. The van der Waals surface area contributed by atoms with Crippen LogP contribution in [0.25, 0.3) is 77.4 Å². The third kappa shape index (κ3) is 3.98. The van der Waals surface area contributed by atoms with Gasteiger partial charge in [-0.05, 0) is 105 Å². The van der Waals surface area contributed by atoms with Gasteiger partial charge >= 0.3 is 0 Å². The maximum Gasteiger partial charge on any atom is 0.145 e. The highest BCUT2D eigenvalue weighted by Gasteiger charge is 2.21. The molecule has 7 aromatic carbocycles. The van der Waals surface area contributed by atoms with Crippen LogP contribution in [0.5, 0.6) is 0 Å². The van der Waals surface area contributed by atoms with E-state index in [9.17, 15) is 0 Å². The smallest absolute Gasteiger partial charge is 0.145 e. The first-order chi connectivity index (χ1) is 21.1. The molecule has 43 heavy (non-hydrogen) atoms. The van der Waals surface area contributed by atoms with E-state index in [-0.39, 0.29) is 0 Å². The van der Waals surface area contributed by atoms with Crippen LogP contribution in [0.1, 0.15) is 30.8 Å². The van der Waals surface area contributed by atoms with Crippen molar-refractivity contribution in [3.8, 4) is 28.2 Å². The molecule has 0 saturated carbocycles. The highest BCUT2D eigenvalue weighted by molar-refractivity contribution is 6.27. The Balaban J connectivity index is 1.41. The Morgan fingerprint density at radius 3 is 2.00 bits per heavy atom. The van der Waals surface area contributed by atoms with Gasteiger partial charge in [-0.2, -0.15) is 0 Å². The molecule has 2 heteroatoms. The van der Waals surface area contributed by atoms with E-state index in [0.717, 1.165) is 34.9 Å². The van der Waals surface area contributed by atoms with Crippen LogP contribution in [0.3, 0.4) is 0 Å². The number of hydrogen-bond donors (Lipinski definition) is 0. The molecule has 0 aliphatic carbocycles. The summed E-state index contributed by atoms with van der Waals surface area (Å²) in [6.45, 7) is 6.42. The van der Waals surface area contributed by atoms with E-state index in [4.69, 9.17) is 4.98 Å². The molecule has 0 aliphatic heterocycles. The fourth-order valence-corrected chi connectivity index (χ4v) is 6.87. The van der Waals surface area contributed by atoms with Gasteiger partial charge in [0.05, 0.1) is 11.4 Å². The summed E-state index contributed by atoms with van der Waals surface area (Å²) in [5.74, 6) is 0.985. The number of para-hydroxylation sites is 1. The standard InChI is InChI=1S/C41H32N2/c1-4-9-38-37(5-2)42-41(43(38)32-10-7-6-8-11-32)36-23-19-28-17-21-34-33(20-16-27-18-22-35(36)40(28)39(27)34)31-15-14-29-24-26(3)12-13-30(29)25-31/h4,6-25H,5H2,1-3H3/b9-4-. The summed E-state index contributed by atoms with van der Waals surface area (Å²) in [5, 5.41) is 10.2. The van der Waals surface area contributed by atoms with Gasteiger partial charge in [-0.3, -0.25) is 4.57 Å². The van der Waals surface area contributed by atoms with Crippen LogP contribution in [-0.4, -0.2) is 9.55 Å². The summed E-state index contributed by atoms with van der Waals surface area (Å²) in [6.07, 6.45) is 5.17. The number of benzene rings is 7. The minimum atomic E-state index is 0.868. The third-order valence-corrected chi connectivity index (χ3v) is 8.88. The Hall–Kier alpha value is -5.21. The highest BCUT2D eigenvalue weighted by Crippen LogP contribution is 2.43. The lowest BCUT2D eigenvalue weighted by Crippen LogP contribution is -2.01. The summed E-state index contributed by atoms with van der Waals surface area (Å²) in [6, 6.07) is 42.4. The van der Waals surface area contributed by atoms with Crippen molar-refractivity contribution < 1.29 is 0 Å². The van der Waals surface area contributed by atoms with Crippen molar-refractivity contribution in [3.05, 3.63) is 138 Å². The van der Waals surface area contributed by atoms with Gasteiger partial charge in [0.1, 0.15) is 5.82 Å². The van der Waals surface area contributed by atoms with Crippen molar-refractivity contribution in [1.82, 2.24) is 9.55 Å². The number of rotatable bonds is 5. The number of hydrogen-bond acceptors (Lipinski definition) is 1. The first kappa shape index (κ1) is 25.5. The number of allylic oxidation sites excluding steroid dienone is 1. The molecule has 0 saturated heterocycles. The van der Waals surface area contributed by atoms with Crippen LogP contribution in [0, 0.1) is 6.92 Å². The van der Waals surface area contributed by atoms with Gasteiger partial charge in [0.15, 0.2) is 0 Å². The van der Waals surface area contributed by atoms with E-state index in [2.05, 4.69) is 153 Å². The van der Waals surface area contributed by atoms with Gasteiger partial charge in [-0.1, -0.05) is 110 Å². The average molecular weight is 553 g/mol. The second-order valence-corrected chi connectivity index (χ2v) is 11.5. The molecule has 2 nitrogen and oxygen atoms in total. The maximum atomic E-state index is 5.29. The Labute approximate surface area is 251 Å². The Bertz CT molecular complexity index is 2340. The topological polar surface area (TPSA) is 17.8 Å². The minimum Gasteiger partial charge on any atom is -0.293 e. The molecule has 0 atom stereocenters. The average Bonchev–Trinajstić information content (AvgIpc) is 3.41. The van der Waals surface area contributed by atoms with E-state index >= 15 is 0 Å². The van der Waals surface area contributed by atoms with Gasteiger partial charge in [0.25, 0.3) is 0 Å². The van der Waals surface area contributed by atoms with Crippen LogP contribution in [-0.2, 0) is 6.42 Å². The van der Waals surface area contributed by atoms with E-state index in [1.807, 2.05) is 0 Å². The van der Waals surface area contributed by atoms with Gasteiger partial charge in [0.2, 0.25) is 0 Å². The quantitative estimate of drug-likeness (QED) is 0.194. The zero-order chi connectivity index (χ0) is 29.1. The van der Waals surface area contributed by atoms with Gasteiger partial charge in [0, 0.05) is 11.3 Å². The fourth-order valence-electron chi connectivity index (χ4n) is 6.87. The van der Waals surface area contributed by atoms with E-state index in [1.165, 1.54) is 59.8 Å². The van der Waals surface area contributed by atoms with Crippen molar-refractivity contribution in [2.75, 3.05) is 0 Å². The first-order valence-electron chi connectivity index (χ1n) is 15.2. The molecule has 1 aromatic heterocycles. The van der Waals surface area contributed by atoms with Gasteiger partial charge in [-0.25, -0.2) is 4.98 Å². The fraction of sp³-hybridized carbons (Fsp3) is 0.0976. The zero-order valence-corrected chi connectivity index (χ0v) is 24.7. The molecule has 0 radical (unpaired) electrons. The Morgan fingerprint density at radius 1 is 0.651 bits per heavy atom. The van der Waals surface area contributed by atoms with Gasteiger partial charge in [-0.15, -0.1) is 0 Å². The molecule has 0 spiro atoms. The van der Waals surface area contributed by atoms with Crippen molar-refractivity contribution in [2.45, 2.75) is 27.2 Å². The highest BCUT2D eigenvalue weighted by atomic mass is 15.1. The normalized spacial score (nSPS) is 12.1. The second kappa shape index (κ2) is 9.96. The van der Waals surface area contributed by atoms with Crippen LogP contribution in [0.4, 0.5) is 0 Å². The molecule has 8 rings (SSSR count). The van der Waals surface area contributed by atoms with Crippen LogP contribution in [0.2, 0.25) is 0 Å². The predicted octanol–water partition coefficient (Wildman–Crippen LogP) is 11.2. The third-order valence-electron chi connectivity index (χ3n) is 8.88. The molecular formula is C41H32N2. The molecule has 0 bridgehead atoms. The monoisotopic (exact) mass is 552 g/mol. The predicted molar refractivity (Wildman–Crippen MR) is 184 cm³/mol. The van der Waals surface area contributed by atoms with Crippen LogP contribution in [0.15, 0.2) is 121 Å².